The van der Waals surface area contributed by atoms with Gasteiger partial charge in [0.1, 0.15) is 0 Å². The number of hydrogen-bond donors (Lipinski definition) is 3. The Labute approximate surface area is 181 Å². The average molecular weight is 423 g/mol. The summed E-state index contributed by atoms with van der Waals surface area (Å²) in [6.07, 6.45) is 9.07. The molecule has 0 unspecified atom stereocenters. The fraction of sp³-hybridized carbons (Fsp3) is 0.708. The number of carbonyl (C=O) groups is 1. The average Bonchev–Trinajstić information content (AvgIpc) is 2.67. The van der Waals surface area contributed by atoms with E-state index in [2.05, 4.69) is 10.6 Å². The third kappa shape index (κ3) is 6.44. The van der Waals surface area contributed by atoms with Gasteiger partial charge in [0.05, 0.1) is 10.6 Å². The number of carbonyl (C=O) groups excluding carboxylic acids is 1. The molecule has 0 radical (unpaired) electrons. The van der Waals surface area contributed by atoms with E-state index in [0.717, 1.165) is 18.0 Å². The van der Waals surface area contributed by atoms with Crippen LogP contribution in [-0.2, 0) is 6.54 Å². The van der Waals surface area contributed by atoms with E-state index in [4.69, 9.17) is 11.6 Å². The SMILES string of the molecule is C.CC(C)(CO)CNCc1ccc(Cl)c(C(=O)NCC23CCCC(CCC2)C3)c1. The summed E-state index contributed by atoms with van der Waals surface area (Å²) >= 11 is 6.33. The molecule has 0 aliphatic heterocycles. The normalized spacial score (nSPS) is 23.9. The molecule has 2 bridgehead atoms. The van der Waals surface area contributed by atoms with Crippen molar-refractivity contribution in [3.63, 3.8) is 0 Å². The monoisotopic (exact) mass is 422 g/mol. The number of aliphatic hydroxyl groups is 1. The lowest BCUT2D eigenvalue weighted by Gasteiger charge is -2.45. The number of benzene rings is 1. The first kappa shape index (κ1) is 24.2. The van der Waals surface area contributed by atoms with E-state index in [1.54, 1.807) is 6.07 Å². The van der Waals surface area contributed by atoms with Crippen LogP contribution in [0.5, 0.6) is 0 Å². The zero-order valence-corrected chi connectivity index (χ0v) is 18.1. The highest BCUT2D eigenvalue weighted by Gasteiger charge is 2.39. The van der Waals surface area contributed by atoms with Crippen molar-refractivity contribution in [3.05, 3.63) is 34.3 Å². The Kier molecular flexibility index (Phi) is 8.57. The maximum absolute atomic E-state index is 12.8. The lowest BCUT2D eigenvalue weighted by molar-refractivity contribution is 0.0681. The predicted molar refractivity (Wildman–Crippen MR) is 121 cm³/mol. The van der Waals surface area contributed by atoms with Crippen molar-refractivity contribution in [2.45, 2.75) is 72.8 Å². The number of rotatable bonds is 8. The van der Waals surface area contributed by atoms with Gasteiger partial charge < -0.3 is 15.7 Å². The molecule has 0 saturated heterocycles. The van der Waals surface area contributed by atoms with E-state index in [0.29, 0.717) is 29.1 Å². The topological polar surface area (TPSA) is 61.4 Å². The number of nitrogens with one attached hydrogen (secondary N) is 2. The van der Waals surface area contributed by atoms with Crippen molar-refractivity contribution in [3.8, 4) is 0 Å². The molecule has 1 amide bonds. The Hall–Kier alpha value is -1.10. The number of hydrogen-bond acceptors (Lipinski definition) is 3. The number of fused-ring (bicyclic) bond motifs is 2. The van der Waals surface area contributed by atoms with E-state index in [1.165, 1.54) is 44.9 Å². The second-order valence-electron chi connectivity index (χ2n) is 9.78. The molecule has 2 aliphatic carbocycles. The number of halogens is 1. The lowest BCUT2D eigenvalue weighted by Crippen LogP contribution is -2.43. The van der Waals surface area contributed by atoms with Crippen LogP contribution in [0.25, 0.3) is 0 Å². The summed E-state index contributed by atoms with van der Waals surface area (Å²) in [6, 6.07) is 5.64. The zero-order valence-electron chi connectivity index (χ0n) is 17.3. The van der Waals surface area contributed by atoms with E-state index in [9.17, 15) is 9.90 Å². The summed E-state index contributed by atoms with van der Waals surface area (Å²) in [7, 11) is 0. The number of aliphatic hydroxyl groups excluding tert-OH is 1. The summed E-state index contributed by atoms with van der Waals surface area (Å²) in [5.74, 6) is 0.796. The van der Waals surface area contributed by atoms with Crippen LogP contribution >= 0.6 is 11.6 Å². The van der Waals surface area contributed by atoms with Crippen LogP contribution in [0.4, 0.5) is 0 Å². The van der Waals surface area contributed by atoms with Crippen molar-refractivity contribution < 1.29 is 9.90 Å². The van der Waals surface area contributed by atoms with Crippen molar-refractivity contribution in [1.29, 1.82) is 0 Å². The van der Waals surface area contributed by atoms with Crippen LogP contribution in [0.15, 0.2) is 18.2 Å². The Morgan fingerprint density at radius 1 is 1.28 bits per heavy atom. The van der Waals surface area contributed by atoms with Gasteiger partial charge in [-0.1, -0.05) is 64.6 Å². The molecule has 0 atom stereocenters. The largest absolute Gasteiger partial charge is 0.396 e. The van der Waals surface area contributed by atoms with Gasteiger partial charge in [0.25, 0.3) is 5.91 Å². The van der Waals surface area contributed by atoms with Crippen molar-refractivity contribution in [2.24, 2.45) is 16.7 Å². The molecule has 5 heteroatoms. The van der Waals surface area contributed by atoms with Gasteiger partial charge in [-0.25, -0.2) is 0 Å². The van der Waals surface area contributed by atoms with Crippen LogP contribution in [0, 0.1) is 16.7 Å². The molecule has 4 nitrogen and oxygen atoms in total. The van der Waals surface area contributed by atoms with Gasteiger partial charge in [0.2, 0.25) is 0 Å². The van der Waals surface area contributed by atoms with Crippen LogP contribution in [-0.4, -0.2) is 30.7 Å². The van der Waals surface area contributed by atoms with Gasteiger partial charge >= 0.3 is 0 Å². The molecule has 1 aromatic carbocycles. The summed E-state index contributed by atoms with van der Waals surface area (Å²) in [5.41, 5.74) is 1.72. The third-order valence-corrected chi connectivity index (χ3v) is 6.95. The molecule has 2 aliphatic rings. The Morgan fingerprint density at radius 3 is 2.62 bits per heavy atom. The maximum atomic E-state index is 12.8. The van der Waals surface area contributed by atoms with Crippen molar-refractivity contribution in [2.75, 3.05) is 19.7 Å². The first-order valence-corrected chi connectivity index (χ1v) is 11.1. The van der Waals surface area contributed by atoms with E-state index in [1.807, 2.05) is 26.0 Å². The molecule has 0 spiro atoms. The van der Waals surface area contributed by atoms with E-state index >= 15 is 0 Å². The molecule has 1 aromatic rings. The van der Waals surface area contributed by atoms with Crippen LogP contribution in [0.3, 0.4) is 0 Å². The Balaban J connectivity index is 0.00000300. The fourth-order valence-electron chi connectivity index (χ4n) is 4.89. The standard InChI is InChI=1S/C23H35ClN2O2.CH4/c1-22(2,16-27)14-25-13-18-7-8-20(24)19(11-18)21(28)26-15-23-9-3-5-17(12-23)6-4-10-23;/h7-8,11,17,25,27H,3-6,9-10,12-16H2,1-2H3,(H,26,28);1H4. The molecule has 164 valence electrons. The van der Waals surface area contributed by atoms with Gasteiger partial charge in [-0.2, -0.15) is 0 Å². The highest BCUT2D eigenvalue weighted by molar-refractivity contribution is 6.33. The minimum absolute atomic E-state index is 0. The summed E-state index contributed by atoms with van der Waals surface area (Å²) in [4.78, 5) is 12.8. The molecular weight excluding hydrogens is 384 g/mol. The van der Waals surface area contributed by atoms with Crippen molar-refractivity contribution in [1.82, 2.24) is 10.6 Å². The lowest BCUT2D eigenvalue weighted by atomic mass is 9.62. The van der Waals surface area contributed by atoms with Crippen LogP contribution in [0.2, 0.25) is 5.02 Å². The van der Waals surface area contributed by atoms with Gasteiger partial charge in [-0.05, 0) is 48.3 Å². The Morgan fingerprint density at radius 2 is 1.97 bits per heavy atom. The van der Waals surface area contributed by atoms with Crippen molar-refractivity contribution >= 4 is 17.5 Å². The first-order chi connectivity index (χ1) is 13.3. The minimum atomic E-state index is -0.163. The van der Waals surface area contributed by atoms with Crippen LogP contribution in [0.1, 0.15) is 82.1 Å². The first-order valence-electron chi connectivity index (χ1n) is 10.7. The van der Waals surface area contributed by atoms with E-state index < -0.39 is 0 Å². The molecule has 3 rings (SSSR count). The number of amides is 1. The molecule has 0 aromatic heterocycles. The highest BCUT2D eigenvalue weighted by atomic mass is 35.5. The minimum Gasteiger partial charge on any atom is -0.396 e. The van der Waals surface area contributed by atoms with Gasteiger partial charge in [-0.3, -0.25) is 4.79 Å². The summed E-state index contributed by atoms with van der Waals surface area (Å²) in [6.45, 7) is 6.29. The molecule has 0 heterocycles. The fourth-order valence-corrected chi connectivity index (χ4v) is 5.09. The second kappa shape index (κ2) is 10.3. The molecular formula is C24H39ClN2O2. The quantitative estimate of drug-likeness (QED) is 0.541. The smallest absolute Gasteiger partial charge is 0.252 e. The summed E-state index contributed by atoms with van der Waals surface area (Å²) < 4.78 is 0. The van der Waals surface area contributed by atoms with Gasteiger partial charge in [0, 0.05) is 31.7 Å². The Bertz CT molecular complexity index is 679. The summed E-state index contributed by atoms with van der Waals surface area (Å²) in [5, 5.41) is 16.4. The predicted octanol–water partition coefficient (Wildman–Crippen LogP) is 5.17. The van der Waals surface area contributed by atoms with E-state index in [-0.39, 0.29) is 25.4 Å². The molecule has 29 heavy (non-hydrogen) atoms. The molecule has 3 N–H and O–H groups in total. The highest BCUT2D eigenvalue weighted by Crippen LogP contribution is 2.48. The van der Waals surface area contributed by atoms with Gasteiger partial charge in [0.15, 0.2) is 0 Å². The molecule has 2 saturated carbocycles. The van der Waals surface area contributed by atoms with Crippen LogP contribution < -0.4 is 10.6 Å². The third-order valence-electron chi connectivity index (χ3n) is 6.62. The molecule has 2 fully saturated rings. The second-order valence-corrected chi connectivity index (χ2v) is 10.2. The maximum Gasteiger partial charge on any atom is 0.252 e. The zero-order chi connectivity index (χ0) is 20.2. The van der Waals surface area contributed by atoms with Gasteiger partial charge in [-0.15, -0.1) is 0 Å².